The van der Waals surface area contributed by atoms with Crippen molar-refractivity contribution in [3.8, 4) is 0 Å². The lowest BCUT2D eigenvalue weighted by Gasteiger charge is -2.34. The van der Waals surface area contributed by atoms with Gasteiger partial charge in [0.2, 0.25) is 0 Å². The number of aromatic nitrogens is 3. The van der Waals surface area contributed by atoms with Crippen molar-refractivity contribution in [3.05, 3.63) is 66.1 Å². The molecule has 1 saturated heterocycles. The fraction of sp³-hybridized carbons (Fsp3) is 0.278. The van der Waals surface area contributed by atoms with Crippen LogP contribution in [0.5, 0.6) is 0 Å². The quantitative estimate of drug-likeness (QED) is 0.731. The van der Waals surface area contributed by atoms with Gasteiger partial charge in [0.05, 0.1) is 11.7 Å². The average Bonchev–Trinajstić information content (AvgIpc) is 3.06. The highest BCUT2D eigenvalue weighted by Gasteiger charge is 2.30. The Labute approximate surface area is 134 Å². The molecule has 0 aliphatic carbocycles. The number of likely N-dealkylation sites (tertiary alicyclic amines) is 1. The second kappa shape index (κ2) is 5.83. The molecule has 3 heterocycles. The van der Waals surface area contributed by atoms with Gasteiger partial charge in [0.15, 0.2) is 5.65 Å². The second-order valence-electron chi connectivity index (χ2n) is 5.87. The predicted octanol–water partition coefficient (Wildman–Crippen LogP) is 3.10. The van der Waals surface area contributed by atoms with E-state index >= 15 is 0 Å². The van der Waals surface area contributed by atoms with Crippen LogP contribution < -0.4 is 0 Å². The Kier molecular flexibility index (Phi) is 3.54. The van der Waals surface area contributed by atoms with Crippen molar-refractivity contribution < 1.29 is 4.79 Å². The van der Waals surface area contributed by atoms with Crippen molar-refractivity contribution in [1.82, 2.24) is 19.5 Å². The molecule has 2 aromatic heterocycles. The SMILES string of the molecule is O=C(c1ccccc1)N1CCCCC1c1cc2ncccn2n1. The Morgan fingerprint density at radius 1 is 1.13 bits per heavy atom. The summed E-state index contributed by atoms with van der Waals surface area (Å²) < 4.78 is 1.77. The van der Waals surface area contributed by atoms with Crippen LogP contribution in [0.25, 0.3) is 5.65 Å². The standard InChI is InChI=1S/C18H18N4O/c23-18(14-7-2-1-3-8-14)21-11-5-4-9-16(21)15-13-17-19-10-6-12-22(17)20-15/h1-3,6-8,10,12-13,16H,4-5,9,11H2. The molecule has 1 unspecified atom stereocenters. The van der Waals surface area contributed by atoms with Crippen LogP contribution in [0.3, 0.4) is 0 Å². The molecule has 5 heteroatoms. The molecular weight excluding hydrogens is 288 g/mol. The summed E-state index contributed by atoms with van der Waals surface area (Å²) in [6, 6.07) is 13.4. The van der Waals surface area contributed by atoms with Crippen LogP contribution in [0, 0.1) is 0 Å². The van der Waals surface area contributed by atoms with E-state index in [9.17, 15) is 4.79 Å². The van der Waals surface area contributed by atoms with E-state index in [1.165, 1.54) is 0 Å². The maximum absolute atomic E-state index is 12.9. The molecule has 1 atom stereocenters. The Balaban J connectivity index is 1.69. The van der Waals surface area contributed by atoms with Gasteiger partial charge >= 0.3 is 0 Å². The lowest BCUT2D eigenvalue weighted by Crippen LogP contribution is -2.38. The number of carbonyl (C=O) groups is 1. The first-order valence-electron chi connectivity index (χ1n) is 7.99. The van der Waals surface area contributed by atoms with Gasteiger partial charge in [-0.25, -0.2) is 9.50 Å². The fourth-order valence-corrected chi connectivity index (χ4v) is 3.24. The summed E-state index contributed by atoms with van der Waals surface area (Å²) in [6.07, 6.45) is 6.75. The number of hydrogen-bond acceptors (Lipinski definition) is 3. The molecule has 0 radical (unpaired) electrons. The highest BCUT2D eigenvalue weighted by atomic mass is 16.2. The van der Waals surface area contributed by atoms with Crippen LogP contribution >= 0.6 is 0 Å². The molecular formula is C18H18N4O. The molecule has 23 heavy (non-hydrogen) atoms. The van der Waals surface area contributed by atoms with E-state index in [2.05, 4.69) is 10.1 Å². The number of amides is 1. The lowest BCUT2D eigenvalue weighted by molar-refractivity contribution is 0.0605. The van der Waals surface area contributed by atoms with Crippen LogP contribution in [0.4, 0.5) is 0 Å². The molecule has 0 bridgehead atoms. The lowest BCUT2D eigenvalue weighted by atomic mass is 9.98. The minimum absolute atomic E-state index is 0.0261. The van der Waals surface area contributed by atoms with Crippen molar-refractivity contribution in [2.24, 2.45) is 0 Å². The smallest absolute Gasteiger partial charge is 0.254 e. The number of hydrogen-bond donors (Lipinski definition) is 0. The number of benzene rings is 1. The van der Waals surface area contributed by atoms with E-state index in [0.29, 0.717) is 0 Å². The first kappa shape index (κ1) is 13.9. The van der Waals surface area contributed by atoms with Gasteiger partial charge in [-0.2, -0.15) is 5.10 Å². The number of nitrogens with zero attached hydrogens (tertiary/aromatic N) is 4. The zero-order valence-corrected chi connectivity index (χ0v) is 12.8. The fourth-order valence-electron chi connectivity index (χ4n) is 3.24. The van der Waals surface area contributed by atoms with Crippen molar-refractivity contribution in [2.45, 2.75) is 25.3 Å². The number of fused-ring (bicyclic) bond motifs is 1. The summed E-state index contributed by atoms with van der Waals surface area (Å²) >= 11 is 0. The molecule has 0 spiro atoms. The Bertz CT molecular complexity index is 794. The summed E-state index contributed by atoms with van der Waals surface area (Å²) in [5.41, 5.74) is 2.48. The minimum atomic E-state index is 0.0261. The van der Waals surface area contributed by atoms with Crippen molar-refractivity contribution in [3.63, 3.8) is 0 Å². The van der Waals surface area contributed by atoms with Crippen molar-refractivity contribution in [2.75, 3.05) is 6.54 Å². The third-order valence-corrected chi connectivity index (χ3v) is 4.38. The molecule has 4 rings (SSSR count). The van der Waals surface area contributed by atoms with E-state index in [-0.39, 0.29) is 11.9 Å². The first-order chi connectivity index (χ1) is 11.3. The molecule has 1 aliphatic rings. The number of piperidine rings is 1. The normalized spacial score (nSPS) is 18.3. The maximum Gasteiger partial charge on any atom is 0.254 e. The first-order valence-corrected chi connectivity index (χ1v) is 7.99. The average molecular weight is 306 g/mol. The van der Waals surface area contributed by atoms with E-state index in [1.807, 2.05) is 53.6 Å². The van der Waals surface area contributed by atoms with Gasteiger partial charge in [-0.05, 0) is 37.5 Å². The van der Waals surface area contributed by atoms with Crippen LogP contribution in [0.15, 0.2) is 54.9 Å². The van der Waals surface area contributed by atoms with Crippen LogP contribution in [-0.4, -0.2) is 31.9 Å². The van der Waals surface area contributed by atoms with E-state index in [1.54, 1.807) is 10.7 Å². The third-order valence-electron chi connectivity index (χ3n) is 4.38. The number of rotatable bonds is 2. The number of carbonyl (C=O) groups excluding carboxylic acids is 1. The van der Waals surface area contributed by atoms with E-state index < -0.39 is 0 Å². The summed E-state index contributed by atoms with van der Waals surface area (Å²) in [4.78, 5) is 19.2. The Morgan fingerprint density at radius 3 is 2.83 bits per heavy atom. The summed E-state index contributed by atoms with van der Waals surface area (Å²) in [5.74, 6) is 0.0836. The molecule has 5 nitrogen and oxygen atoms in total. The molecule has 0 N–H and O–H groups in total. The van der Waals surface area contributed by atoms with Crippen LogP contribution in [0.2, 0.25) is 0 Å². The minimum Gasteiger partial charge on any atom is -0.330 e. The summed E-state index contributed by atoms with van der Waals surface area (Å²) in [5, 5.41) is 4.62. The molecule has 116 valence electrons. The maximum atomic E-state index is 12.9. The third kappa shape index (κ3) is 2.59. The molecule has 1 aliphatic heterocycles. The van der Waals surface area contributed by atoms with Gasteiger partial charge < -0.3 is 4.90 Å². The van der Waals surface area contributed by atoms with Gasteiger partial charge in [-0.1, -0.05) is 18.2 Å². The highest BCUT2D eigenvalue weighted by Crippen LogP contribution is 2.31. The molecule has 1 aromatic carbocycles. The second-order valence-corrected chi connectivity index (χ2v) is 5.87. The molecule has 0 saturated carbocycles. The predicted molar refractivity (Wildman–Crippen MR) is 87.1 cm³/mol. The highest BCUT2D eigenvalue weighted by molar-refractivity contribution is 5.94. The van der Waals surface area contributed by atoms with Gasteiger partial charge in [-0.15, -0.1) is 0 Å². The zero-order valence-electron chi connectivity index (χ0n) is 12.8. The van der Waals surface area contributed by atoms with Crippen LogP contribution in [-0.2, 0) is 0 Å². The summed E-state index contributed by atoms with van der Waals surface area (Å²) in [6.45, 7) is 0.777. The molecule has 1 fully saturated rings. The van der Waals surface area contributed by atoms with Crippen molar-refractivity contribution in [1.29, 1.82) is 0 Å². The Hall–Kier alpha value is -2.69. The van der Waals surface area contributed by atoms with Gasteiger partial charge in [0.1, 0.15) is 0 Å². The van der Waals surface area contributed by atoms with Gasteiger partial charge in [-0.3, -0.25) is 4.79 Å². The zero-order chi connectivity index (χ0) is 15.6. The van der Waals surface area contributed by atoms with Gasteiger partial charge in [0, 0.05) is 30.6 Å². The van der Waals surface area contributed by atoms with E-state index in [0.717, 1.165) is 42.7 Å². The van der Waals surface area contributed by atoms with Crippen molar-refractivity contribution >= 4 is 11.6 Å². The van der Waals surface area contributed by atoms with Crippen LogP contribution in [0.1, 0.15) is 41.4 Å². The van der Waals surface area contributed by atoms with Gasteiger partial charge in [0.25, 0.3) is 5.91 Å². The summed E-state index contributed by atoms with van der Waals surface area (Å²) in [7, 11) is 0. The Morgan fingerprint density at radius 2 is 2.00 bits per heavy atom. The largest absolute Gasteiger partial charge is 0.330 e. The molecule has 1 amide bonds. The molecule has 3 aromatic rings. The topological polar surface area (TPSA) is 50.5 Å². The van der Waals surface area contributed by atoms with E-state index in [4.69, 9.17) is 0 Å². The monoisotopic (exact) mass is 306 g/mol.